The Morgan fingerprint density at radius 3 is 2.41 bits per heavy atom. The molecule has 0 atom stereocenters. The van der Waals surface area contributed by atoms with Crippen molar-refractivity contribution in [2.24, 2.45) is 0 Å². The Morgan fingerprint density at radius 1 is 1.23 bits per heavy atom. The van der Waals surface area contributed by atoms with Crippen LogP contribution in [0.3, 0.4) is 0 Å². The molecule has 0 amide bonds. The first-order valence-electron chi connectivity index (χ1n) is 7.28. The van der Waals surface area contributed by atoms with Crippen molar-refractivity contribution in [2.45, 2.75) is 18.2 Å². The zero-order valence-corrected chi connectivity index (χ0v) is 14.9. The molecule has 0 radical (unpaired) electrons. The maximum absolute atomic E-state index is 12.2. The first kappa shape index (κ1) is 18.0. The van der Waals surface area contributed by atoms with Gasteiger partial charge in [0.25, 0.3) is 0 Å². The Kier molecular flexibility index (Phi) is 6.49. The quantitative estimate of drug-likeness (QED) is 0.755. The molecule has 0 spiro atoms. The molecule has 2 N–H and O–H groups in total. The van der Waals surface area contributed by atoms with Crippen molar-refractivity contribution in [3.05, 3.63) is 27.7 Å². The second-order valence-corrected chi connectivity index (χ2v) is 7.94. The van der Waals surface area contributed by atoms with Crippen LogP contribution in [0.4, 0.5) is 0 Å². The molecular weight excluding hydrogens is 345 g/mol. The maximum atomic E-state index is 12.2. The summed E-state index contributed by atoms with van der Waals surface area (Å²) < 4.78 is 27.1. The summed E-state index contributed by atoms with van der Waals surface area (Å²) >= 11 is 12.0. The van der Waals surface area contributed by atoms with Gasteiger partial charge in [-0.1, -0.05) is 23.2 Å². The first-order valence-corrected chi connectivity index (χ1v) is 9.52. The third-order valence-corrected chi connectivity index (χ3v) is 5.94. The van der Waals surface area contributed by atoms with Crippen LogP contribution in [0.25, 0.3) is 0 Å². The van der Waals surface area contributed by atoms with E-state index in [0.717, 1.165) is 39.1 Å². The molecule has 8 heteroatoms. The molecule has 1 aliphatic rings. The minimum Gasteiger partial charge on any atom is -0.314 e. The van der Waals surface area contributed by atoms with Gasteiger partial charge in [0.05, 0.1) is 4.90 Å². The van der Waals surface area contributed by atoms with E-state index in [-0.39, 0.29) is 4.90 Å². The summed E-state index contributed by atoms with van der Waals surface area (Å²) in [6.07, 6.45) is 0.770. The molecule has 0 saturated carbocycles. The van der Waals surface area contributed by atoms with Crippen LogP contribution < -0.4 is 10.0 Å². The van der Waals surface area contributed by atoms with Gasteiger partial charge in [-0.25, -0.2) is 13.1 Å². The van der Waals surface area contributed by atoms with Crippen molar-refractivity contribution in [2.75, 3.05) is 39.3 Å². The Morgan fingerprint density at radius 2 is 1.82 bits per heavy atom. The molecule has 2 rings (SSSR count). The molecule has 0 unspecified atom stereocenters. The average Bonchev–Trinajstić information content (AvgIpc) is 2.50. The summed E-state index contributed by atoms with van der Waals surface area (Å²) in [6.45, 7) is 7.04. The minimum absolute atomic E-state index is 0.107. The maximum Gasteiger partial charge on any atom is 0.240 e. The van der Waals surface area contributed by atoms with Crippen LogP contribution in [-0.2, 0) is 10.0 Å². The van der Waals surface area contributed by atoms with E-state index in [0.29, 0.717) is 22.2 Å². The summed E-state index contributed by atoms with van der Waals surface area (Å²) in [6, 6.07) is 2.86. The average molecular weight is 366 g/mol. The third kappa shape index (κ3) is 4.81. The Hall–Kier alpha value is -0.370. The molecule has 0 aliphatic carbocycles. The molecule has 0 bridgehead atoms. The number of nitrogens with one attached hydrogen (secondary N) is 2. The second-order valence-electron chi connectivity index (χ2n) is 5.35. The summed E-state index contributed by atoms with van der Waals surface area (Å²) in [5, 5.41) is 4.00. The normalized spacial score (nSPS) is 16.9. The SMILES string of the molecule is Cc1c(Cl)cc(S(=O)(=O)NCCCN2CCNCC2)cc1Cl. The Bertz CT molecular complexity index is 594. The van der Waals surface area contributed by atoms with Gasteiger partial charge in [0.15, 0.2) is 0 Å². The lowest BCUT2D eigenvalue weighted by Crippen LogP contribution is -2.44. The van der Waals surface area contributed by atoms with Gasteiger partial charge in [0.1, 0.15) is 0 Å². The molecule has 1 aromatic carbocycles. The minimum atomic E-state index is -3.57. The lowest BCUT2D eigenvalue weighted by atomic mass is 10.2. The number of piperazine rings is 1. The van der Waals surface area contributed by atoms with Crippen molar-refractivity contribution in [1.29, 1.82) is 0 Å². The fourth-order valence-electron chi connectivity index (χ4n) is 2.30. The predicted molar refractivity (Wildman–Crippen MR) is 90.3 cm³/mol. The number of halogens is 2. The highest BCUT2D eigenvalue weighted by atomic mass is 35.5. The molecule has 1 saturated heterocycles. The van der Waals surface area contributed by atoms with Gasteiger partial charge in [-0.15, -0.1) is 0 Å². The van der Waals surface area contributed by atoms with Crippen LogP contribution >= 0.6 is 23.2 Å². The van der Waals surface area contributed by atoms with Gasteiger partial charge >= 0.3 is 0 Å². The standard InChI is InChI=1S/C14H21Cl2N3O2S/c1-11-13(15)9-12(10-14(11)16)22(20,21)18-3-2-6-19-7-4-17-5-8-19/h9-10,17-18H,2-8H2,1H3. The monoisotopic (exact) mass is 365 g/mol. The number of benzene rings is 1. The lowest BCUT2D eigenvalue weighted by Gasteiger charge is -2.27. The molecule has 0 aromatic heterocycles. The van der Waals surface area contributed by atoms with Gasteiger partial charge in [-0.05, 0) is 37.6 Å². The second kappa shape index (κ2) is 7.95. The topological polar surface area (TPSA) is 61.4 Å². The van der Waals surface area contributed by atoms with Gasteiger partial charge < -0.3 is 10.2 Å². The summed E-state index contributed by atoms with van der Waals surface area (Å²) in [5.41, 5.74) is 0.681. The van der Waals surface area contributed by atoms with Gasteiger partial charge in [0.2, 0.25) is 10.0 Å². The highest BCUT2D eigenvalue weighted by Gasteiger charge is 2.17. The van der Waals surface area contributed by atoms with E-state index >= 15 is 0 Å². The predicted octanol–water partition coefficient (Wildman–Crippen LogP) is 1.88. The molecule has 1 heterocycles. The number of nitrogens with zero attached hydrogens (tertiary/aromatic N) is 1. The number of hydrogen-bond donors (Lipinski definition) is 2. The molecular formula is C14H21Cl2N3O2S. The van der Waals surface area contributed by atoms with Crippen molar-refractivity contribution in [3.63, 3.8) is 0 Å². The van der Waals surface area contributed by atoms with Gasteiger partial charge in [-0.3, -0.25) is 0 Å². The van der Waals surface area contributed by atoms with Gasteiger partial charge in [-0.2, -0.15) is 0 Å². The fourth-order valence-corrected chi connectivity index (χ4v) is 4.05. The zero-order chi connectivity index (χ0) is 16.2. The molecule has 1 aromatic rings. The molecule has 1 aliphatic heterocycles. The summed E-state index contributed by atoms with van der Waals surface area (Å²) in [4.78, 5) is 2.43. The van der Waals surface area contributed by atoms with Crippen LogP contribution in [0.2, 0.25) is 10.0 Å². The Labute approximate surface area is 142 Å². The van der Waals surface area contributed by atoms with Crippen LogP contribution in [0.5, 0.6) is 0 Å². The number of hydrogen-bond acceptors (Lipinski definition) is 4. The van der Waals surface area contributed by atoms with Gasteiger partial charge in [0, 0.05) is 42.8 Å². The van der Waals surface area contributed by atoms with Crippen molar-refractivity contribution in [1.82, 2.24) is 14.9 Å². The molecule has 5 nitrogen and oxygen atoms in total. The van der Waals surface area contributed by atoms with E-state index in [1.54, 1.807) is 6.92 Å². The highest BCUT2D eigenvalue weighted by molar-refractivity contribution is 7.89. The first-order chi connectivity index (χ1) is 10.4. The van der Waals surface area contributed by atoms with Crippen LogP contribution in [0.15, 0.2) is 17.0 Å². The van der Waals surface area contributed by atoms with Crippen molar-refractivity contribution < 1.29 is 8.42 Å². The van der Waals surface area contributed by atoms with E-state index < -0.39 is 10.0 Å². The highest BCUT2D eigenvalue weighted by Crippen LogP contribution is 2.27. The number of rotatable bonds is 6. The Balaban J connectivity index is 1.88. The molecule has 1 fully saturated rings. The number of sulfonamides is 1. The van der Waals surface area contributed by atoms with Crippen molar-refractivity contribution in [3.8, 4) is 0 Å². The third-order valence-electron chi connectivity index (χ3n) is 3.72. The lowest BCUT2D eigenvalue weighted by molar-refractivity contribution is 0.239. The fraction of sp³-hybridized carbons (Fsp3) is 0.571. The van der Waals surface area contributed by atoms with E-state index in [9.17, 15) is 8.42 Å². The smallest absolute Gasteiger partial charge is 0.240 e. The molecule has 22 heavy (non-hydrogen) atoms. The van der Waals surface area contributed by atoms with Crippen molar-refractivity contribution >= 4 is 33.2 Å². The summed E-state index contributed by atoms with van der Waals surface area (Å²) in [7, 11) is -3.57. The van der Waals surface area contributed by atoms with E-state index in [2.05, 4.69) is 14.9 Å². The van der Waals surface area contributed by atoms with Crippen LogP contribution in [-0.4, -0.2) is 52.6 Å². The van der Waals surface area contributed by atoms with E-state index in [1.807, 2.05) is 0 Å². The molecule has 124 valence electrons. The van der Waals surface area contributed by atoms with Crippen LogP contribution in [0, 0.1) is 6.92 Å². The van der Waals surface area contributed by atoms with E-state index in [4.69, 9.17) is 23.2 Å². The summed E-state index contributed by atoms with van der Waals surface area (Å²) in [5.74, 6) is 0. The van der Waals surface area contributed by atoms with Crippen LogP contribution in [0.1, 0.15) is 12.0 Å². The van der Waals surface area contributed by atoms with E-state index in [1.165, 1.54) is 12.1 Å². The largest absolute Gasteiger partial charge is 0.314 e. The zero-order valence-electron chi connectivity index (χ0n) is 12.5.